The monoisotopic (exact) mass is 262 g/mol. The summed E-state index contributed by atoms with van der Waals surface area (Å²) in [5, 5.41) is 13.3. The number of carbonyl (C=O) groups excluding carboxylic acids is 1. The topological polar surface area (TPSA) is 89.3 Å². The van der Waals surface area contributed by atoms with Crippen LogP contribution in [0.5, 0.6) is 0 Å². The van der Waals surface area contributed by atoms with E-state index in [1.807, 2.05) is 12.1 Å². The third-order valence-corrected chi connectivity index (χ3v) is 2.19. The molecule has 2 N–H and O–H groups in total. The van der Waals surface area contributed by atoms with Crippen molar-refractivity contribution in [1.29, 1.82) is 0 Å². The Hall–Kier alpha value is -2.57. The smallest absolute Gasteiger partial charge is 0.412 e. The second kappa shape index (κ2) is 6.39. The minimum Gasteiger partial charge on any atom is -0.467 e. The summed E-state index contributed by atoms with van der Waals surface area (Å²) < 4.78 is 9.90. The minimum absolute atomic E-state index is 0.308. The zero-order valence-electron chi connectivity index (χ0n) is 10.4. The quantitative estimate of drug-likeness (QED) is 0.859. The number of nitrogens with zero attached hydrogens (tertiary/aromatic N) is 2. The van der Waals surface area contributed by atoms with Crippen molar-refractivity contribution >= 4 is 17.7 Å². The summed E-state index contributed by atoms with van der Waals surface area (Å²) in [5.41, 5.74) is 0. The summed E-state index contributed by atoms with van der Waals surface area (Å²) >= 11 is 0. The van der Waals surface area contributed by atoms with Gasteiger partial charge in [-0.1, -0.05) is 0 Å². The minimum atomic E-state index is -0.548. The van der Waals surface area contributed by atoms with Crippen LogP contribution >= 0.6 is 0 Å². The van der Waals surface area contributed by atoms with E-state index >= 15 is 0 Å². The Kier molecular flexibility index (Phi) is 4.33. The first-order valence-electron chi connectivity index (χ1n) is 5.81. The first-order chi connectivity index (χ1) is 9.28. The van der Waals surface area contributed by atoms with Gasteiger partial charge in [-0.3, -0.25) is 5.32 Å². The van der Waals surface area contributed by atoms with Gasteiger partial charge in [0.15, 0.2) is 5.82 Å². The number of furan rings is 1. The van der Waals surface area contributed by atoms with Gasteiger partial charge in [0.1, 0.15) is 11.6 Å². The highest BCUT2D eigenvalue weighted by Crippen LogP contribution is 2.08. The fraction of sp³-hybridized carbons (Fsp3) is 0.250. The number of anilines is 2. The Balaban J connectivity index is 1.85. The van der Waals surface area contributed by atoms with E-state index in [2.05, 4.69) is 20.8 Å². The molecule has 100 valence electrons. The lowest BCUT2D eigenvalue weighted by atomic mass is 10.4. The molecule has 2 aromatic rings. The maximum atomic E-state index is 11.1. The Labute approximate surface area is 110 Å². The molecule has 0 saturated carbocycles. The number of carbonyl (C=O) groups is 1. The number of hydrogen-bond donors (Lipinski definition) is 2. The molecular formula is C12H14N4O3. The van der Waals surface area contributed by atoms with Gasteiger partial charge in [-0.2, -0.15) is 0 Å². The molecule has 1 amide bonds. The highest BCUT2D eigenvalue weighted by molar-refractivity contribution is 5.83. The number of aromatic nitrogens is 2. The molecule has 0 fully saturated rings. The molecule has 0 aliphatic heterocycles. The normalized spacial score (nSPS) is 9.95. The van der Waals surface area contributed by atoms with E-state index in [1.54, 1.807) is 25.3 Å². The SMILES string of the molecule is CCOC(=O)Nc1ccc(NCc2ccco2)nn1. The van der Waals surface area contributed by atoms with Gasteiger partial charge < -0.3 is 14.5 Å². The molecule has 19 heavy (non-hydrogen) atoms. The van der Waals surface area contributed by atoms with Crippen molar-refractivity contribution in [1.82, 2.24) is 10.2 Å². The Morgan fingerprint density at radius 3 is 2.74 bits per heavy atom. The average Bonchev–Trinajstić information content (AvgIpc) is 2.91. The van der Waals surface area contributed by atoms with Crippen LogP contribution in [-0.2, 0) is 11.3 Å². The first-order valence-corrected chi connectivity index (χ1v) is 5.81. The van der Waals surface area contributed by atoms with Gasteiger partial charge in [0.25, 0.3) is 0 Å². The van der Waals surface area contributed by atoms with Crippen LogP contribution in [0.2, 0.25) is 0 Å². The van der Waals surface area contributed by atoms with E-state index in [4.69, 9.17) is 9.15 Å². The van der Waals surface area contributed by atoms with Crippen molar-refractivity contribution in [2.75, 3.05) is 17.2 Å². The van der Waals surface area contributed by atoms with E-state index in [-0.39, 0.29) is 0 Å². The highest BCUT2D eigenvalue weighted by Gasteiger charge is 2.04. The lowest BCUT2D eigenvalue weighted by molar-refractivity contribution is 0.168. The molecular weight excluding hydrogens is 248 g/mol. The Bertz CT molecular complexity index is 510. The predicted octanol–water partition coefficient (Wildman–Crippen LogP) is 2.25. The molecule has 2 rings (SSSR count). The summed E-state index contributed by atoms with van der Waals surface area (Å²) in [4.78, 5) is 11.1. The van der Waals surface area contributed by atoms with Crippen LogP contribution in [0.15, 0.2) is 34.9 Å². The lowest BCUT2D eigenvalue weighted by Gasteiger charge is -2.05. The van der Waals surface area contributed by atoms with Crippen molar-refractivity contribution in [3.8, 4) is 0 Å². The van der Waals surface area contributed by atoms with Gasteiger partial charge in [-0.25, -0.2) is 4.79 Å². The maximum Gasteiger partial charge on any atom is 0.412 e. The molecule has 0 saturated heterocycles. The van der Waals surface area contributed by atoms with Gasteiger partial charge in [-0.15, -0.1) is 10.2 Å². The largest absolute Gasteiger partial charge is 0.467 e. The molecule has 2 aromatic heterocycles. The zero-order valence-corrected chi connectivity index (χ0v) is 10.4. The van der Waals surface area contributed by atoms with E-state index in [9.17, 15) is 4.79 Å². The van der Waals surface area contributed by atoms with Crippen LogP contribution < -0.4 is 10.6 Å². The van der Waals surface area contributed by atoms with Gasteiger partial charge in [0.2, 0.25) is 0 Å². The van der Waals surface area contributed by atoms with Gasteiger partial charge >= 0.3 is 6.09 Å². The second-order valence-electron chi connectivity index (χ2n) is 3.58. The number of ether oxygens (including phenoxy) is 1. The van der Waals surface area contributed by atoms with E-state index in [0.29, 0.717) is 24.8 Å². The summed E-state index contributed by atoms with van der Waals surface area (Å²) in [6, 6.07) is 7.01. The van der Waals surface area contributed by atoms with Crippen molar-refractivity contribution in [2.45, 2.75) is 13.5 Å². The van der Waals surface area contributed by atoms with Crippen LogP contribution in [0, 0.1) is 0 Å². The third kappa shape index (κ3) is 3.98. The van der Waals surface area contributed by atoms with E-state index in [0.717, 1.165) is 5.76 Å². The Morgan fingerprint density at radius 1 is 1.32 bits per heavy atom. The zero-order chi connectivity index (χ0) is 13.5. The van der Waals surface area contributed by atoms with Crippen LogP contribution in [0.3, 0.4) is 0 Å². The molecule has 7 heteroatoms. The molecule has 0 aromatic carbocycles. The predicted molar refractivity (Wildman–Crippen MR) is 68.7 cm³/mol. The maximum absolute atomic E-state index is 11.1. The van der Waals surface area contributed by atoms with Gasteiger partial charge in [0.05, 0.1) is 19.4 Å². The molecule has 0 radical (unpaired) electrons. The third-order valence-electron chi connectivity index (χ3n) is 2.19. The highest BCUT2D eigenvalue weighted by atomic mass is 16.5. The first kappa shape index (κ1) is 12.9. The number of amides is 1. The van der Waals surface area contributed by atoms with Crippen LogP contribution in [0.4, 0.5) is 16.4 Å². The fourth-order valence-electron chi connectivity index (χ4n) is 1.36. The molecule has 0 bridgehead atoms. The van der Waals surface area contributed by atoms with Crippen molar-refractivity contribution in [3.63, 3.8) is 0 Å². The second-order valence-corrected chi connectivity index (χ2v) is 3.58. The number of nitrogens with one attached hydrogen (secondary N) is 2. The molecule has 0 aliphatic carbocycles. The van der Waals surface area contributed by atoms with E-state index in [1.165, 1.54) is 0 Å². The Morgan fingerprint density at radius 2 is 2.11 bits per heavy atom. The number of rotatable bonds is 5. The average molecular weight is 262 g/mol. The molecule has 7 nitrogen and oxygen atoms in total. The van der Waals surface area contributed by atoms with E-state index < -0.39 is 6.09 Å². The molecule has 0 aliphatic rings. The van der Waals surface area contributed by atoms with Crippen molar-refractivity contribution in [3.05, 3.63) is 36.3 Å². The van der Waals surface area contributed by atoms with Gasteiger partial charge in [-0.05, 0) is 31.2 Å². The summed E-state index contributed by atoms with van der Waals surface area (Å²) in [5.74, 6) is 1.73. The molecule has 0 atom stereocenters. The van der Waals surface area contributed by atoms with Crippen LogP contribution in [0.1, 0.15) is 12.7 Å². The van der Waals surface area contributed by atoms with Crippen LogP contribution in [-0.4, -0.2) is 22.9 Å². The van der Waals surface area contributed by atoms with Crippen LogP contribution in [0.25, 0.3) is 0 Å². The number of hydrogen-bond acceptors (Lipinski definition) is 6. The molecule has 0 spiro atoms. The van der Waals surface area contributed by atoms with Crippen molar-refractivity contribution < 1.29 is 13.9 Å². The lowest BCUT2D eigenvalue weighted by Crippen LogP contribution is -2.14. The standard InChI is InChI=1S/C12H14N4O3/c1-2-18-12(17)14-11-6-5-10(15-16-11)13-8-9-4-3-7-19-9/h3-7H,2,8H2,1H3,(H,13,15)(H,14,16,17). The molecule has 2 heterocycles. The summed E-state index contributed by atoms with van der Waals surface area (Å²) in [7, 11) is 0. The van der Waals surface area contributed by atoms with Gasteiger partial charge in [0, 0.05) is 0 Å². The van der Waals surface area contributed by atoms with Crippen molar-refractivity contribution in [2.24, 2.45) is 0 Å². The summed E-state index contributed by atoms with van der Waals surface area (Å²) in [6.45, 7) is 2.56. The summed E-state index contributed by atoms with van der Waals surface area (Å²) in [6.07, 6.45) is 1.06. The molecule has 0 unspecified atom stereocenters. The fourth-order valence-corrected chi connectivity index (χ4v) is 1.36.